The molecule has 2 N–H and O–H groups in total. The van der Waals surface area contributed by atoms with Crippen LogP contribution in [0, 0.1) is 0 Å². The zero-order valence-electron chi connectivity index (χ0n) is 10.8. The summed E-state index contributed by atoms with van der Waals surface area (Å²) in [5.41, 5.74) is 7.11. The van der Waals surface area contributed by atoms with Crippen LogP contribution in [0.1, 0.15) is 30.7 Å². The highest BCUT2D eigenvalue weighted by atomic mass is 16.5. The molecule has 1 aliphatic heterocycles. The van der Waals surface area contributed by atoms with Gasteiger partial charge in [-0.05, 0) is 30.9 Å². The van der Waals surface area contributed by atoms with E-state index in [0.717, 1.165) is 44.5 Å². The van der Waals surface area contributed by atoms with Gasteiger partial charge >= 0.3 is 0 Å². The number of fused-ring (bicyclic) bond motifs is 1. The summed E-state index contributed by atoms with van der Waals surface area (Å²) in [6.07, 6.45) is 3.83. The zero-order chi connectivity index (χ0) is 12.4. The van der Waals surface area contributed by atoms with Crippen LogP contribution in [0.15, 0.2) is 24.3 Å². The van der Waals surface area contributed by atoms with Crippen molar-refractivity contribution in [1.82, 2.24) is 4.90 Å². The molecule has 1 saturated carbocycles. The summed E-state index contributed by atoms with van der Waals surface area (Å²) >= 11 is 0. The van der Waals surface area contributed by atoms with Gasteiger partial charge in [0.1, 0.15) is 5.75 Å². The number of nitrogens with two attached hydrogens (primary N) is 1. The first-order valence-corrected chi connectivity index (χ1v) is 7.04. The lowest BCUT2D eigenvalue weighted by Gasteiger charge is -2.31. The van der Waals surface area contributed by atoms with E-state index in [1.54, 1.807) is 0 Å². The summed E-state index contributed by atoms with van der Waals surface area (Å²) in [6.45, 7) is 3.79. The van der Waals surface area contributed by atoms with E-state index in [9.17, 15) is 0 Å². The third-order valence-electron chi connectivity index (χ3n) is 4.02. The maximum absolute atomic E-state index is 5.73. The summed E-state index contributed by atoms with van der Waals surface area (Å²) in [7, 11) is 0. The number of rotatable bonds is 5. The Morgan fingerprint density at radius 2 is 2.06 bits per heavy atom. The third kappa shape index (κ3) is 2.52. The molecule has 1 aliphatic carbocycles. The van der Waals surface area contributed by atoms with Crippen molar-refractivity contribution in [3.8, 4) is 5.75 Å². The highest BCUT2D eigenvalue weighted by molar-refractivity contribution is 5.38. The van der Waals surface area contributed by atoms with Crippen molar-refractivity contribution in [2.45, 2.75) is 31.2 Å². The minimum absolute atomic E-state index is 0.613. The number of para-hydroxylation sites is 1. The lowest BCUT2D eigenvalue weighted by atomic mass is 9.92. The molecule has 0 bridgehead atoms. The van der Waals surface area contributed by atoms with Gasteiger partial charge in [0.05, 0.1) is 6.61 Å². The predicted molar refractivity (Wildman–Crippen MR) is 72.9 cm³/mol. The number of ether oxygens (including phenoxy) is 1. The molecule has 0 radical (unpaired) electrons. The van der Waals surface area contributed by atoms with Crippen molar-refractivity contribution in [2.24, 2.45) is 5.73 Å². The second-order valence-corrected chi connectivity index (χ2v) is 5.39. The topological polar surface area (TPSA) is 38.5 Å². The maximum Gasteiger partial charge on any atom is 0.122 e. The highest BCUT2D eigenvalue weighted by Gasteiger charge is 2.31. The highest BCUT2D eigenvalue weighted by Crippen LogP contribution is 2.36. The van der Waals surface area contributed by atoms with Gasteiger partial charge in [-0.25, -0.2) is 0 Å². The zero-order valence-corrected chi connectivity index (χ0v) is 10.8. The minimum atomic E-state index is 0.613. The van der Waals surface area contributed by atoms with Crippen LogP contribution in [-0.4, -0.2) is 37.2 Å². The fourth-order valence-electron chi connectivity index (χ4n) is 2.92. The van der Waals surface area contributed by atoms with Crippen molar-refractivity contribution in [2.75, 3.05) is 26.2 Å². The van der Waals surface area contributed by atoms with Crippen molar-refractivity contribution < 1.29 is 4.74 Å². The van der Waals surface area contributed by atoms with Gasteiger partial charge in [0, 0.05) is 31.6 Å². The second kappa shape index (κ2) is 5.29. The number of benzene rings is 1. The quantitative estimate of drug-likeness (QED) is 0.863. The van der Waals surface area contributed by atoms with Crippen molar-refractivity contribution in [3.05, 3.63) is 29.8 Å². The van der Waals surface area contributed by atoms with E-state index < -0.39 is 0 Å². The van der Waals surface area contributed by atoms with Crippen molar-refractivity contribution in [3.63, 3.8) is 0 Å². The average molecular weight is 246 g/mol. The molecule has 0 aromatic heterocycles. The smallest absolute Gasteiger partial charge is 0.122 e. The molecule has 1 aromatic rings. The summed E-state index contributed by atoms with van der Waals surface area (Å²) < 4.78 is 5.73. The molecule has 3 nitrogen and oxygen atoms in total. The average Bonchev–Trinajstić information content (AvgIpc) is 3.23. The molecule has 98 valence electrons. The fourth-order valence-corrected chi connectivity index (χ4v) is 2.92. The van der Waals surface area contributed by atoms with Crippen LogP contribution in [0.4, 0.5) is 0 Å². The first-order chi connectivity index (χ1) is 8.88. The maximum atomic E-state index is 5.73. The Labute approximate surface area is 109 Å². The van der Waals surface area contributed by atoms with E-state index in [2.05, 4.69) is 29.2 Å². The van der Waals surface area contributed by atoms with E-state index in [1.807, 2.05) is 0 Å². The minimum Gasteiger partial charge on any atom is -0.493 e. The van der Waals surface area contributed by atoms with Crippen LogP contribution in [-0.2, 0) is 0 Å². The summed E-state index contributed by atoms with van der Waals surface area (Å²) in [6, 6.07) is 9.27. The van der Waals surface area contributed by atoms with Crippen LogP contribution in [0.5, 0.6) is 5.75 Å². The third-order valence-corrected chi connectivity index (χ3v) is 4.02. The van der Waals surface area contributed by atoms with Gasteiger partial charge in [-0.3, -0.25) is 4.90 Å². The van der Waals surface area contributed by atoms with Gasteiger partial charge in [-0.2, -0.15) is 0 Å². The monoisotopic (exact) mass is 246 g/mol. The lowest BCUT2D eigenvalue weighted by Crippen LogP contribution is -2.36. The summed E-state index contributed by atoms with van der Waals surface area (Å²) in [5, 5.41) is 0. The Morgan fingerprint density at radius 3 is 2.83 bits per heavy atom. The molecule has 1 unspecified atom stereocenters. The van der Waals surface area contributed by atoms with Gasteiger partial charge in [0.15, 0.2) is 0 Å². The number of nitrogens with zero attached hydrogens (tertiary/aromatic N) is 1. The van der Waals surface area contributed by atoms with Gasteiger partial charge in [-0.1, -0.05) is 18.2 Å². The Bertz CT molecular complexity index is 403. The molecule has 3 rings (SSSR count). The SMILES string of the molecule is NCCN(CC1CCOc2ccccc21)C1CC1. The van der Waals surface area contributed by atoms with Crippen LogP contribution >= 0.6 is 0 Å². The Balaban J connectivity index is 1.72. The molecule has 18 heavy (non-hydrogen) atoms. The van der Waals surface area contributed by atoms with Crippen molar-refractivity contribution in [1.29, 1.82) is 0 Å². The van der Waals surface area contributed by atoms with Crippen molar-refractivity contribution >= 4 is 0 Å². The molecule has 1 atom stereocenters. The van der Waals surface area contributed by atoms with Gasteiger partial charge in [-0.15, -0.1) is 0 Å². The van der Waals surface area contributed by atoms with E-state index in [-0.39, 0.29) is 0 Å². The molecule has 0 amide bonds. The lowest BCUT2D eigenvalue weighted by molar-refractivity contribution is 0.208. The molecule has 1 heterocycles. The molecule has 1 fully saturated rings. The summed E-state index contributed by atoms with van der Waals surface area (Å²) in [4.78, 5) is 2.58. The first kappa shape index (κ1) is 12.0. The molecule has 2 aliphatic rings. The van der Waals surface area contributed by atoms with E-state index in [4.69, 9.17) is 10.5 Å². The standard InChI is InChI=1S/C15H22N2O/c16-8-9-17(13-5-6-13)11-12-7-10-18-15-4-2-1-3-14(12)15/h1-4,12-13H,5-11,16H2. The normalized spacial score (nSPS) is 22.7. The van der Waals surface area contributed by atoms with Crippen LogP contribution < -0.4 is 10.5 Å². The molecule has 0 spiro atoms. The Morgan fingerprint density at radius 1 is 1.22 bits per heavy atom. The molecule has 1 aromatic carbocycles. The van der Waals surface area contributed by atoms with E-state index in [1.165, 1.54) is 18.4 Å². The van der Waals surface area contributed by atoms with Crippen LogP contribution in [0.2, 0.25) is 0 Å². The van der Waals surface area contributed by atoms with Crippen LogP contribution in [0.25, 0.3) is 0 Å². The number of hydrogen-bond acceptors (Lipinski definition) is 3. The van der Waals surface area contributed by atoms with Gasteiger partial charge in [0.25, 0.3) is 0 Å². The molecule has 3 heteroatoms. The van der Waals surface area contributed by atoms with E-state index in [0.29, 0.717) is 5.92 Å². The second-order valence-electron chi connectivity index (χ2n) is 5.39. The van der Waals surface area contributed by atoms with Gasteiger partial charge < -0.3 is 10.5 Å². The number of hydrogen-bond donors (Lipinski definition) is 1. The van der Waals surface area contributed by atoms with Gasteiger partial charge in [0.2, 0.25) is 0 Å². The molecular formula is C15H22N2O. The fraction of sp³-hybridized carbons (Fsp3) is 0.600. The Hall–Kier alpha value is -1.06. The van der Waals surface area contributed by atoms with Crippen LogP contribution in [0.3, 0.4) is 0 Å². The van der Waals surface area contributed by atoms with E-state index >= 15 is 0 Å². The first-order valence-electron chi connectivity index (χ1n) is 7.04. The summed E-state index contributed by atoms with van der Waals surface area (Å²) in [5.74, 6) is 1.69. The predicted octanol–water partition coefficient (Wildman–Crippen LogP) is 1.98. The largest absolute Gasteiger partial charge is 0.493 e. The Kier molecular flexibility index (Phi) is 3.52. The molecular weight excluding hydrogens is 224 g/mol. The molecule has 0 saturated heterocycles.